The second kappa shape index (κ2) is 7.09. The molecule has 0 aromatic rings. The standard InChI is InChI=1S/C11H21N3O.ClH/c15-11(10-3-4-12-9-10)13-5-8-14-6-1-2-7-14;/h10,12H,1-9H2,(H,13,15);1H. The smallest absolute Gasteiger partial charge is 0.224 e. The third kappa shape index (κ3) is 3.92. The molecule has 0 radical (unpaired) electrons. The Labute approximate surface area is 104 Å². The van der Waals surface area contributed by atoms with E-state index < -0.39 is 0 Å². The molecular weight excluding hydrogens is 226 g/mol. The summed E-state index contributed by atoms with van der Waals surface area (Å²) in [6.07, 6.45) is 3.64. The fraction of sp³-hybridized carbons (Fsp3) is 0.909. The Hall–Kier alpha value is -0.320. The van der Waals surface area contributed by atoms with Gasteiger partial charge >= 0.3 is 0 Å². The lowest BCUT2D eigenvalue weighted by Crippen LogP contribution is -2.37. The molecule has 1 amide bonds. The molecule has 0 aromatic heterocycles. The number of hydrogen-bond donors (Lipinski definition) is 2. The summed E-state index contributed by atoms with van der Waals surface area (Å²) in [7, 11) is 0. The Morgan fingerprint density at radius 2 is 2.12 bits per heavy atom. The third-order valence-electron chi connectivity index (χ3n) is 3.36. The lowest BCUT2D eigenvalue weighted by atomic mass is 10.1. The van der Waals surface area contributed by atoms with Crippen LogP contribution in [-0.2, 0) is 4.79 Å². The van der Waals surface area contributed by atoms with Gasteiger partial charge in [0.25, 0.3) is 0 Å². The van der Waals surface area contributed by atoms with E-state index in [4.69, 9.17) is 0 Å². The van der Waals surface area contributed by atoms with E-state index >= 15 is 0 Å². The van der Waals surface area contributed by atoms with E-state index in [1.54, 1.807) is 0 Å². The highest BCUT2D eigenvalue weighted by atomic mass is 35.5. The quantitative estimate of drug-likeness (QED) is 0.748. The number of nitrogens with zero attached hydrogens (tertiary/aromatic N) is 1. The van der Waals surface area contributed by atoms with Gasteiger partial charge in [0, 0.05) is 19.6 Å². The van der Waals surface area contributed by atoms with Crippen molar-refractivity contribution in [2.75, 3.05) is 39.3 Å². The Morgan fingerprint density at radius 3 is 2.75 bits per heavy atom. The maximum atomic E-state index is 11.6. The molecule has 2 heterocycles. The van der Waals surface area contributed by atoms with Crippen molar-refractivity contribution < 1.29 is 4.79 Å². The Balaban J connectivity index is 0.00000128. The molecule has 0 spiro atoms. The van der Waals surface area contributed by atoms with Crippen molar-refractivity contribution in [1.82, 2.24) is 15.5 Å². The van der Waals surface area contributed by atoms with Crippen LogP contribution in [-0.4, -0.2) is 50.1 Å². The maximum absolute atomic E-state index is 11.6. The highest BCUT2D eigenvalue weighted by Gasteiger charge is 2.22. The van der Waals surface area contributed by atoms with Gasteiger partial charge in [-0.15, -0.1) is 12.4 Å². The number of carbonyl (C=O) groups is 1. The molecule has 0 saturated carbocycles. The van der Waals surface area contributed by atoms with Crippen molar-refractivity contribution >= 4 is 18.3 Å². The summed E-state index contributed by atoms with van der Waals surface area (Å²) in [4.78, 5) is 14.1. The first kappa shape index (κ1) is 13.7. The van der Waals surface area contributed by atoms with Crippen LogP contribution in [0, 0.1) is 5.92 Å². The zero-order valence-electron chi connectivity index (χ0n) is 9.71. The molecule has 5 heteroatoms. The van der Waals surface area contributed by atoms with Crippen molar-refractivity contribution in [2.24, 2.45) is 5.92 Å². The number of rotatable bonds is 4. The first-order chi connectivity index (χ1) is 7.36. The van der Waals surface area contributed by atoms with Crippen LogP contribution in [0.2, 0.25) is 0 Å². The number of likely N-dealkylation sites (tertiary alicyclic amines) is 1. The molecule has 4 nitrogen and oxygen atoms in total. The average Bonchev–Trinajstić information content (AvgIpc) is 2.90. The normalized spacial score (nSPS) is 25.4. The Kier molecular flexibility index (Phi) is 6.09. The minimum atomic E-state index is 0. The van der Waals surface area contributed by atoms with Crippen LogP contribution in [0.25, 0.3) is 0 Å². The zero-order valence-corrected chi connectivity index (χ0v) is 10.5. The lowest BCUT2D eigenvalue weighted by Gasteiger charge is -2.16. The zero-order chi connectivity index (χ0) is 10.5. The van der Waals surface area contributed by atoms with Crippen LogP contribution < -0.4 is 10.6 Å². The van der Waals surface area contributed by atoms with Crippen molar-refractivity contribution in [3.8, 4) is 0 Å². The molecule has 1 atom stereocenters. The second-order valence-corrected chi connectivity index (χ2v) is 4.53. The van der Waals surface area contributed by atoms with E-state index in [0.29, 0.717) is 0 Å². The van der Waals surface area contributed by atoms with Crippen molar-refractivity contribution in [1.29, 1.82) is 0 Å². The molecule has 0 aromatic carbocycles. The molecule has 2 N–H and O–H groups in total. The van der Waals surface area contributed by atoms with E-state index in [1.165, 1.54) is 25.9 Å². The molecule has 2 saturated heterocycles. The van der Waals surface area contributed by atoms with Gasteiger partial charge < -0.3 is 15.5 Å². The molecular formula is C11H22ClN3O. The highest BCUT2D eigenvalue weighted by Crippen LogP contribution is 2.07. The molecule has 1 unspecified atom stereocenters. The summed E-state index contributed by atoms with van der Waals surface area (Å²) in [5, 5.41) is 6.24. The summed E-state index contributed by atoms with van der Waals surface area (Å²) in [6, 6.07) is 0. The number of amides is 1. The SMILES string of the molecule is Cl.O=C(NCCN1CCCC1)C1CCNC1. The fourth-order valence-electron chi connectivity index (χ4n) is 2.37. The number of halogens is 1. The van der Waals surface area contributed by atoms with Crippen LogP contribution >= 0.6 is 12.4 Å². The van der Waals surface area contributed by atoms with Gasteiger partial charge in [-0.3, -0.25) is 4.79 Å². The molecule has 2 rings (SSSR count). The van der Waals surface area contributed by atoms with E-state index in [0.717, 1.165) is 32.6 Å². The average molecular weight is 248 g/mol. The van der Waals surface area contributed by atoms with Crippen LogP contribution in [0.1, 0.15) is 19.3 Å². The van der Waals surface area contributed by atoms with E-state index in [2.05, 4.69) is 15.5 Å². The van der Waals surface area contributed by atoms with Gasteiger partial charge in [-0.25, -0.2) is 0 Å². The summed E-state index contributed by atoms with van der Waals surface area (Å²) in [5.74, 6) is 0.447. The first-order valence-electron chi connectivity index (χ1n) is 6.07. The van der Waals surface area contributed by atoms with Gasteiger partial charge in [0.15, 0.2) is 0 Å². The van der Waals surface area contributed by atoms with E-state index in [1.807, 2.05) is 0 Å². The van der Waals surface area contributed by atoms with Crippen LogP contribution in [0.15, 0.2) is 0 Å². The maximum Gasteiger partial charge on any atom is 0.224 e. The fourth-order valence-corrected chi connectivity index (χ4v) is 2.37. The minimum Gasteiger partial charge on any atom is -0.355 e. The Bertz CT molecular complexity index is 213. The van der Waals surface area contributed by atoms with Crippen molar-refractivity contribution in [3.63, 3.8) is 0 Å². The van der Waals surface area contributed by atoms with Gasteiger partial charge in [-0.05, 0) is 38.9 Å². The van der Waals surface area contributed by atoms with Gasteiger partial charge in [0.1, 0.15) is 0 Å². The van der Waals surface area contributed by atoms with E-state index in [9.17, 15) is 4.79 Å². The lowest BCUT2D eigenvalue weighted by molar-refractivity contribution is -0.124. The molecule has 94 valence electrons. The van der Waals surface area contributed by atoms with Crippen LogP contribution in [0.4, 0.5) is 0 Å². The van der Waals surface area contributed by atoms with Crippen molar-refractivity contribution in [3.05, 3.63) is 0 Å². The van der Waals surface area contributed by atoms with Gasteiger partial charge in [0.2, 0.25) is 5.91 Å². The second-order valence-electron chi connectivity index (χ2n) is 4.53. The van der Waals surface area contributed by atoms with Crippen molar-refractivity contribution in [2.45, 2.75) is 19.3 Å². The monoisotopic (exact) mass is 247 g/mol. The molecule has 2 fully saturated rings. The number of carbonyl (C=O) groups excluding carboxylic acids is 1. The predicted molar refractivity (Wildman–Crippen MR) is 66.9 cm³/mol. The topological polar surface area (TPSA) is 44.4 Å². The predicted octanol–water partition coefficient (Wildman–Crippen LogP) is 0.230. The summed E-state index contributed by atoms with van der Waals surface area (Å²) in [6.45, 7) is 6.10. The molecule has 0 aliphatic carbocycles. The summed E-state index contributed by atoms with van der Waals surface area (Å²) in [5.41, 5.74) is 0. The van der Waals surface area contributed by atoms with Gasteiger partial charge in [-0.2, -0.15) is 0 Å². The number of nitrogens with one attached hydrogen (secondary N) is 2. The van der Waals surface area contributed by atoms with E-state index in [-0.39, 0.29) is 24.2 Å². The van der Waals surface area contributed by atoms with Gasteiger partial charge in [-0.1, -0.05) is 0 Å². The minimum absolute atomic E-state index is 0. The third-order valence-corrected chi connectivity index (χ3v) is 3.36. The Morgan fingerprint density at radius 1 is 1.38 bits per heavy atom. The molecule has 2 aliphatic heterocycles. The number of hydrogen-bond acceptors (Lipinski definition) is 3. The van der Waals surface area contributed by atoms with Crippen LogP contribution in [0.5, 0.6) is 0 Å². The first-order valence-corrected chi connectivity index (χ1v) is 6.07. The highest BCUT2D eigenvalue weighted by molar-refractivity contribution is 5.85. The summed E-state index contributed by atoms with van der Waals surface area (Å²) < 4.78 is 0. The summed E-state index contributed by atoms with van der Waals surface area (Å²) >= 11 is 0. The molecule has 0 bridgehead atoms. The van der Waals surface area contributed by atoms with Gasteiger partial charge in [0.05, 0.1) is 5.92 Å². The largest absolute Gasteiger partial charge is 0.355 e. The van der Waals surface area contributed by atoms with Crippen LogP contribution in [0.3, 0.4) is 0 Å². The molecule has 16 heavy (non-hydrogen) atoms. The molecule has 2 aliphatic rings.